The molecule has 1 unspecified atom stereocenters. The highest BCUT2D eigenvalue weighted by atomic mass is 16.6. The van der Waals surface area contributed by atoms with Crippen molar-refractivity contribution in [1.29, 1.82) is 0 Å². The number of nitrogens with zero attached hydrogens (tertiary/aromatic N) is 2. The van der Waals surface area contributed by atoms with Crippen LogP contribution in [0.25, 0.3) is 0 Å². The quantitative estimate of drug-likeness (QED) is 0.649. The van der Waals surface area contributed by atoms with E-state index >= 15 is 0 Å². The van der Waals surface area contributed by atoms with Crippen molar-refractivity contribution in [2.45, 2.75) is 19.9 Å². The van der Waals surface area contributed by atoms with Gasteiger partial charge in [-0.25, -0.2) is 0 Å². The Bertz CT molecular complexity index is 617. The fourth-order valence-electron chi connectivity index (χ4n) is 1.98. The molecule has 0 aliphatic heterocycles. The number of aromatic nitrogens is 1. The van der Waals surface area contributed by atoms with Crippen LogP contribution in [-0.2, 0) is 0 Å². The molecule has 0 aliphatic carbocycles. The van der Waals surface area contributed by atoms with Crippen molar-refractivity contribution in [2.75, 3.05) is 11.9 Å². The topological polar surface area (TPSA) is 77.3 Å². The Kier molecular flexibility index (Phi) is 4.71. The van der Waals surface area contributed by atoms with Gasteiger partial charge >= 0.3 is 5.69 Å². The molecule has 1 heterocycles. The lowest BCUT2D eigenvalue weighted by molar-refractivity contribution is -0.385. The molecule has 0 spiro atoms. The number of nitrogens with one attached hydrogen (secondary N) is 1. The molecule has 0 bridgehead atoms. The lowest BCUT2D eigenvalue weighted by Crippen LogP contribution is -2.08. The third-order valence-corrected chi connectivity index (χ3v) is 2.97. The molecule has 110 valence electrons. The van der Waals surface area contributed by atoms with Gasteiger partial charge in [-0.15, -0.1) is 0 Å². The second-order valence-corrected chi connectivity index (χ2v) is 4.49. The first-order valence-electron chi connectivity index (χ1n) is 6.70. The summed E-state index contributed by atoms with van der Waals surface area (Å²) in [7, 11) is 0. The minimum atomic E-state index is -0.447. The van der Waals surface area contributed by atoms with Crippen LogP contribution < -0.4 is 10.1 Å². The Morgan fingerprint density at radius 2 is 2.19 bits per heavy atom. The third-order valence-electron chi connectivity index (χ3n) is 2.97. The Labute approximate surface area is 122 Å². The maximum absolute atomic E-state index is 10.9. The fraction of sp³-hybridized carbons (Fsp3) is 0.267. The third kappa shape index (κ3) is 3.68. The lowest BCUT2D eigenvalue weighted by atomic mass is 10.2. The molecule has 21 heavy (non-hydrogen) atoms. The van der Waals surface area contributed by atoms with E-state index in [1.165, 1.54) is 6.07 Å². The zero-order valence-corrected chi connectivity index (χ0v) is 11.9. The Balaban J connectivity index is 2.21. The minimum absolute atomic E-state index is 0.0119. The number of rotatable bonds is 6. The Hall–Kier alpha value is -2.63. The molecule has 1 aromatic heterocycles. The maximum Gasteiger partial charge on any atom is 0.311 e. The highest BCUT2D eigenvalue weighted by Crippen LogP contribution is 2.31. The minimum Gasteiger partial charge on any atom is -0.487 e. The zero-order valence-electron chi connectivity index (χ0n) is 11.9. The van der Waals surface area contributed by atoms with Crippen LogP contribution in [0, 0.1) is 10.1 Å². The molecular formula is C15H17N3O3. The predicted molar refractivity (Wildman–Crippen MR) is 80.5 cm³/mol. The van der Waals surface area contributed by atoms with Crippen molar-refractivity contribution in [1.82, 2.24) is 4.98 Å². The molecule has 0 amide bonds. The van der Waals surface area contributed by atoms with E-state index in [-0.39, 0.29) is 17.5 Å². The van der Waals surface area contributed by atoms with E-state index in [1.54, 1.807) is 25.3 Å². The van der Waals surface area contributed by atoms with Crippen LogP contribution in [0.5, 0.6) is 5.75 Å². The van der Waals surface area contributed by atoms with Crippen molar-refractivity contribution in [3.05, 3.63) is 58.4 Å². The summed E-state index contributed by atoms with van der Waals surface area (Å²) in [6, 6.07) is 10.4. The van der Waals surface area contributed by atoms with Crippen LogP contribution >= 0.6 is 0 Å². The molecule has 1 atom stereocenters. The fourth-order valence-corrected chi connectivity index (χ4v) is 1.98. The van der Waals surface area contributed by atoms with Crippen molar-refractivity contribution in [3.63, 3.8) is 0 Å². The lowest BCUT2D eigenvalue weighted by Gasteiger charge is -2.15. The van der Waals surface area contributed by atoms with Crippen LogP contribution in [0.15, 0.2) is 42.6 Å². The van der Waals surface area contributed by atoms with Crippen molar-refractivity contribution >= 4 is 11.4 Å². The molecule has 1 N–H and O–H groups in total. The van der Waals surface area contributed by atoms with Crippen LogP contribution in [0.4, 0.5) is 11.4 Å². The van der Waals surface area contributed by atoms with E-state index in [9.17, 15) is 10.1 Å². The average Bonchev–Trinajstić information content (AvgIpc) is 2.48. The molecular weight excluding hydrogens is 270 g/mol. The molecule has 0 radical (unpaired) electrons. The molecule has 6 heteroatoms. The smallest absolute Gasteiger partial charge is 0.311 e. The monoisotopic (exact) mass is 287 g/mol. The number of pyridine rings is 1. The molecule has 2 rings (SSSR count). The van der Waals surface area contributed by atoms with E-state index in [1.807, 2.05) is 25.1 Å². The first kappa shape index (κ1) is 14.8. The van der Waals surface area contributed by atoms with Crippen LogP contribution in [-0.4, -0.2) is 16.5 Å². The second-order valence-electron chi connectivity index (χ2n) is 4.49. The Morgan fingerprint density at radius 1 is 1.38 bits per heavy atom. The van der Waals surface area contributed by atoms with Crippen LogP contribution in [0.2, 0.25) is 0 Å². The molecule has 6 nitrogen and oxygen atoms in total. The first-order valence-corrected chi connectivity index (χ1v) is 6.70. The van der Waals surface area contributed by atoms with Gasteiger partial charge in [0.2, 0.25) is 0 Å². The first-order chi connectivity index (χ1) is 10.1. The largest absolute Gasteiger partial charge is 0.487 e. The summed E-state index contributed by atoms with van der Waals surface area (Å²) in [6.45, 7) is 4.14. The number of ether oxygens (including phenoxy) is 1. The SMILES string of the molecule is CCOc1cc(NC(C)c2ccccn2)ccc1[N+](=O)[O-]. The molecule has 2 aromatic rings. The van der Waals surface area contributed by atoms with Gasteiger partial charge in [0.05, 0.1) is 23.3 Å². The summed E-state index contributed by atoms with van der Waals surface area (Å²) in [5.74, 6) is 0.265. The average molecular weight is 287 g/mol. The summed E-state index contributed by atoms with van der Waals surface area (Å²) in [4.78, 5) is 14.8. The van der Waals surface area contributed by atoms with Crippen molar-refractivity contribution < 1.29 is 9.66 Å². The van der Waals surface area contributed by atoms with Crippen LogP contribution in [0.1, 0.15) is 25.6 Å². The summed E-state index contributed by atoms with van der Waals surface area (Å²) in [5, 5.41) is 14.2. The highest BCUT2D eigenvalue weighted by Gasteiger charge is 2.16. The van der Waals surface area contributed by atoms with Gasteiger partial charge in [-0.05, 0) is 32.0 Å². The van der Waals surface area contributed by atoms with E-state index < -0.39 is 4.92 Å². The standard InChI is InChI=1S/C15H17N3O3/c1-3-21-15-10-12(7-8-14(15)18(19)20)17-11(2)13-6-4-5-9-16-13/h4-11,17H,3H2,1-2H3. The van der Waals surface area contributed by atoms with Gasteiger partial charge in [-0.2, -0.15) is 0 Å². The van der Waals surface area contributed by atoms with Gasteiger partial charge in [0.25, 0.3) is 0 Å². The molecule has 0 saturated heterocycles. The summed E-state index contributed by atoms with van der Waals surface area (Å²) < 4.78 is 5.33. The number of hydrogen-bond donors (Lipinski definition) is 1. The van der Waals surface area contributed by atoms with Gasteiger partial charge < -0.3 is 10.1 Å². The normalized spacial score (nSPS) is 11.7. The molecule has 0 saturated carbocycles. The van der Waals surface area contributed by atoms with Gasteiger partial charge in [-0.1, -0.05) is 6.07 Å². The van der Waals surface area contributed by atoms with Gasteiger partial charge in [0.1, 0.15) is 0 Å². The van der Waals surface area contributed by atoms with E-state index in [0.717, 1.165) is 11.4 Å². The second kappa shape index (κ2) is 6.69. The zero-order chi connectivity index (χ0) is 15.2. The number of benzene rings is 1. The molecule has 0 fully saturated rings. The van der Waals surface area contributed by atoms with Gasteiger partial charge in [-0.3, -0.25) is 15.1 Å². The Morgan fingerprint density at radius 3 is 2.81 bits per heavy atom. The van der Waals surface area contributed by atoms with E-state index in [2.05, 4.69) is 10.3 Å². The van der Waals surface area contributed by atoms with Crippen LogP contribution in [0.3, 0.4) is 0 Å². The van der Waals surface area contributed by atoms with Crippen molar-refractivity contribution in [2.24, 2.45) is 0 Å². The maximum atomic E-state index is 10.9. The van der Waals surface area contributed by atoms with Crippen molar-refractivity contribution in [3.8, 4) is 5.75 Å². The van der Waals surface area contributed by atoms with E-state index in [4.69, 9.17) is 4.74 Å². The van der Waals surface area contributed by atoms with Gasteiger partial charge in [0, 0.05) is 24.0 Å². The predicted octanol–water partition coefficient (Wildman–Crippen LogP) is 3.56. The number of nitro groups is 1. The summed E-state index contributed by atoms with van der Waals surface area (Å²) in [5.41, 5.74) is 1.61. The molecule has 1 aromatic carbocycles. The van der Waals surface area contributed by atoms with E-state index in [0.29, 0.717) is 6.61 Å². The molecule has 0 aliphatic rings. The van der Waals surface area contributed by atoms with Gasteiger partial charge in [0.15, 0.2) is 5.75 Å². The number of nitro benzene ring substituents is 1. The number of anilines is 1. The highest BCUT2D eigenvalue weighted by molar-refractivity contribution is 5.58. The summed E-state index contributed by atoms with van der Waals surface area (Å²) in [6.07, 6.45) is 1.73. The summed E-state index contributed by atoms with van der Waals surface area (Å²) >= 11 is 0. The number of hydrogen-bond acceptors (Lipinski definition) is 5.